The van der Waals surface area contributed by atoms with Crippen LogP contribution in [-0.4, -0.2) is 0 Å². The predicted octanol–water partition coefficient (Wildman–Crippen LogP) is 4.81. The van der Waals surface area contributed by atoms with Gasteiger partial charge in [0.15, 0.2) is 0 Å². The van der Waals surface area contributed by atoms with Crippen LogP contribution in [0.1, 0.15) is 59.8 Å². The van der Waals surface area contributed by atoms with E-state index in [1.807, 2.05) is 0 Å². The quantitative estimate of drug-likeness (QED) is 0.551. The maximum atomic E-state index is 4.33. The molecule has 0 unspecified atom stereocenters. The molecule has 0 aromatic heterocycles. The van der Waals surface area contributed by atoms with Crippen molar-refractivity contribution in [1.29, 1.82) is 0 Å². The Kier molecular flexibility index (Phi) is 3.80. The second-order valence-electron chi connectivity index (χ2n) is 5.75. The van der Waals surface area contributed by atoms with Crippen LogP contribution in [0.25, 0.3) is 0 Å². The molecule has 14 heavy (non-hydrogen) atoms. The van der Waals surface area contributed by atoms with E-state index in [1.165, 1.54) is 37.7 Å². The van der Waals surface area contributed by atoms with E-state index < -0.39 is 0 Å². The highest BCUT2D eigenvalue weighted by Gasteiger charge is 2.39. The third-order valence-corrected chi connectivity index (χ3v) is 3.89. The fourth-order valence-corrected chi connectivity index (χ4v) is 2.51. The Morgan fingerprint density at radius 2 is 1.79 bits per heavy atom. The Balaban J connectivity index is 2.53. The maximum Gasteiger partial charge on any atom is -0.00881 e. The number of hydrogen-bond donors (Lipinski definition) is 0. The Bertz CT molecular complexity index is 194. The SMILES string of the molecule is C=C(C(C)C)C1(CCC(C)C)CCC1. The van der Waals surface area contributed by atoms with Gasteiger partial charge in [0.2, 0.25) is 0 Å². The van der Waals surface area contributed by atoms with Gasteiger partial charge in [-0.25, -0.2) is 0 Å². The first-order chi connectivity index (χ1) is 6.48. The summed E-state index contributed by atoms with van der Waals surface area (Å²) in [5.41, 5.74) is 2.06. The summed E-state index contributed by atoms with van der Waals surface area (Å²) in [4.78, 5) is 0. The topological polar surface area (TPSA) is 0 Å². The van der Waals surface area contributed by atoms with Crippen molar-refractivity contribution in [2.24, 2.45) is 17.3 Å². The van der Waals surface area contributed by atoms with Crippen molar-refractivity contribution in [3.63, 3.8) is 0 Å². The molecule has 0 bridgehead atoms. The summed E-state index contributed by atoms with van der Waals surface area (Å²) in [7, 11) is 0. The average molecular weight is 194 g/mol. The number of rotatable bonds is 5. The van der Waals surface area contributed by atoms with Gasteiger partial charge in [-0.15, -0.1) is 0 Å². The molecule has 0 aliphatic heterocycles. The highest BCUT2D eigenvalue weighted by molar-refractivity contribution is 5.16. The molecule has 0 spiro atoms. The van der Waals surface area contributed by atoms with E-state index in [-0.39, 0.29) is 0 Å². The second kappa shape index (κ2) is 4.51. The molecule has 1 aliphatic rings. The standard InChI is InChI=1S/C14H26/c1-11(2)7-10-14(8-6-9-14)13(5)12(3)4/h11-12H,5-10H2,1-4H3. The molecule has 0 saturated heterocycles. The molecule has 0 nitrogen and oxygen atoms in total. The zero-order valence-electron chi connectivity index (χ0n) is 10.4. The molecular formula is C14H26. The lowest BCUT2D eigenvalue weighted by molar-refractivity contribution is 0.146. The summed E-state index contributed by atoms with van der Waals surface area (Å²) >= 11 is 0. The Labute approximate surface area is 89.8 Å². The molecule has 1 rings (SSSR count). The fourth-order valence-electron chi connectivity index (χ4n) is 2.51. The summed E-state index contributed by atoms with van der Waals surface area (Å²) in [5.74, 6) is 1.51. The molecule has 0 heteroatoms. The lowest BCUT2D eigenvalue weighted by Crippen LogP contribution is -2.33. The van der Waals surface area contributed by atoms with Crippen molar-refractivity contribution < 1.29 is 0 Å². The normalized spacial score (nSPS) is 19.9. The third-order valence-electron chi connectivity index (χ3n) is 3.89. The summed E-state index contributed by atoms with van der Waals surface area (Å²) in [6, 6.07) is 0. The minimum absolute atomic E-state index is 0.540. The van der Waals surface area contributed by atoms with Crippen LogP contribution in [0.4, 0.5) is 0 Å². The van der Waals surface area contributed by atoms with Gasteiger partial charge < -0.3 is 0 Å². The average Bonchev–Trinajstić information content (AvgIpc) is 2.01. The van der Waals surface area contributed by atoms with Crippen LogP contribution in [-0.2, 0) is 0 Å². The molecule has 1 fully saturated rings. The van der Waals surface area contributed by atoms with Crippen molar-refractivity contribution in [3.05, 3.63) is 12.2 Å². The minimum Gasteiger partial charge on any atom is -0.0990 e. The van der Waals surface area contributed by atoms with Crippen LogP contribution >= 0.6 is 0 Å². The Morgan fingerprint density at radius 3 is 2.07 bits per heavy atom. The van der Waals surface area contributed by atoms with Crippen LogP contribution in [0.15, 0.2) is 12.2 Å². The first-order valence-electron chi connectivity index (χ1n) is 6.17. The van der Waals surface area contributed by atoms with E-state index in [0.717, 1.165) is 5.92 Å². The summed E-state index contributed by atoms with van der Waals surface area (Å²) in [6.45, 7) is 13.6. The van der Waals surface area contributed by atoms with Crippen molar-refractivity contribution in [2.45, 2.75) is 59.8 Å². The van der Waals surface area contributed by atoms with Gasteiger partial charge in [-0.05, 0) is 36.5 Å². The fraction of sp³-hybridized carbons (Fsp3) is 0.857. The Hall–Kier alpha value is -0.260. The highest BCUT2D eigenvalue weighted by atomic mass is 14.4. The molecule has 0 aromatic carbocycles. The van der Waals surface area contributed by atoms with E-state index in [4.69, 9.17) is 0 Å². The van der Waals surface area contributed by atoms with Gasteiger partial charge in [0, 0.05) is 0 Å². The van der Waals surface area contributed by atoms with Gasteiger partial charge >= 0.3 is 0 Å². The van der Waals surface area contributed by atoms with Crippen LogP contribution in [0, 0.1) is 17.3 Å². The van der Waals surface area contributed by atoms with E-state index in [1.54, 1.807) is 0 Å². The van der Waals surface area contributed by atoms with Crippen LogP contribution in [0.3, 0.4) is 0 Å². The number of allylic oxidation sites excluding steroid dienone is 1. The highest BCUT2D eigenvalue weighted by Crippen LogP contribution is 2.52. The molecule has 0 atom stereocenters. The molecule has 0 N–H and O–H groups in total. The van der Waals surface area contributed by atoms with Gasteiger partial charge in [0.05, 0.1) is 0 Å². The zero-order valence-corrected chi connectivity index (χ0v) is 10.4. The zero-order chi connectivity index (χ0) is 10.8. The van der Waals surface area contributed by atoms with Gasteiger partial charge in [0.1, 0.15) is 0 Å². The van der Waals surface area contributed by atoms with Gasteiger partial charge in [-0.3, -0.25) is 0 Å². The van der Waals surface area contributed by atoms with Crippen LogP contribution < -0.4 is 0 Å². The van der Waals surface area contributed by atoms with Crippen LogP contribution in [0.2, 0.25) is 0 Å². The lowest BCUT2D eigenvalue weighted by atomic mass is 9.59. The predicted molar refractivity (Wildman–Crippen MR) is 64.3 cm³/mol. The summed E-state index contributed by atoms with van der Waals surface area (Å²) < 4.78 is 0. The molecule has 1 aliphatic carbocycles. The van der Waals surface area contributed by atoms with Gasteiger partial charge in [0.25, 0.3) is 0 Å². The summed E-state index contributed by atoms with van der Waals surface area (Å²) in [5, 5.41) is 0. The van der Waals surface area contributed by atoms with Crippen LogP contribution in [0.5, 0.6) is 0 Å². The molecule has 82 valence electrons. The van der Waals surface area contributed by atoms with E-state index in [2.05, 4.69) is 34.3 Å². The molecular weight excluding hydrogens is 168 g/mol. The third kappa shape index (κ3) is 2.40. The van der Waals surface area contributed by atoms with Crippen molar-refractivity contribution in [1.82, 2.24) is 0 Å². The van der Waals surface area contributed by atoms with E-state index in [0.29, 0.717) is 11.3 Å². The first-order valence-corrected chi connectivity index (χ1v) is 6.17. The first kappa shape index (κ1) is 11.8. The lowest BCUT2D eigenvalue weighted by Gasteiger charge is -2.46. The van der Waals surface area contributed by atoms with Gasteiger partial charge in [-0.2, -0.15) is 0 Å². The molecule has 1 saturated carbocycles. The molecule has 0 aromatic rings. The van der Waals surface area contributed by atoms with E-state index >= 15 is 0 Å². The van der Waals surface area contributed by atoms with Gasteiger partial charge in [-0.1, -0.05) is 52.7 Å². The molecule has 0 amide bonds. The second-order valence-corrected chi connectivity index (χ2v) is 5.75. The number of hydrogen-bond acceptors (Lipinski definition) is 0. The van der Waals surface area contributed by atoms with E-state index in [9.17, 15) is 0 Å². The molecule has 0 heterocycles. The monoisotopic (exact) mass is 194 g/mol. The largest absolute Gasteiger partial charge is 0.0990 e. The van der Waals surface area contributed by atoms with Crippen molar-refractivity contribution in [2.75, 3.05) is 0 Å². The smallest absolute Gasteiger partial charge is 0.00881 e. The Morgan fingerprint density at radius 1 is 1.21 bits per heavy atom. The maximum absolute atomic E-state index is 4.33. The summed E-state index contributed by atoms with van der Waals surface area (Å²) in [6.07, 6.45) is 6.96. The van der Waals surface area contributed by atoms with Crippen molar-refractivity contribution >= 4 is 0 Å². The minimum atomic E-state index is 0.540. The van der Waals surface area contributed by atoms with Crippen molar-refractivity contribution in [3.8, 4) is 0 Å². The molecule has 0 radical (unpaired) electrons.